The standard InChI is InChI=1S/C17H17ClN2O2.ClH/c18-14-15(20-9-7-19(8-10-20)11-5-6-11)17(22)13-4-2-1-3-12(13)16(14)21;/h1-4,11H,5-10H2;1H. The van der Waals surface area contributed by atoms with Gasteiger partial charge in [-0.25, -0.2) is 0 Å². The predicted octanol–water partition coefficient (Wildman–Crippen LogP) is 2.72. The minimum absolute atomic E-state index is 0. The summed E-state index contributed by atoms with van der Waals surface area (Å²) < 4.78 is 0. The Hall–Kier alpha value is -1.36. The smallest absolute Gasteiger partial charge is 0.211 e. The third kappa shape index (κ3) is 2.80. The molecule has 122 valence electrons. The van der Waals surface area contributed by atoms with Crippen LogP contribution in [0.15, 0.2) is 35.0 Å². The highest BCUT2D eigenvalue weighted by atomic mass is 35.5. The Morgan fingerprint density at radius 2 is 1.48 bits per heavy atom. The van der Waals surface area contributed by atoms with E-state index in [0.29, 0.717) is 16.8 Å². The van der Waals surface area contributed by atoms with E-state index in [1.165, 1.54) is 12.8 Å². The van der Waals surface area contributed by atoms with Gasteiger partial charge in [0.05, 0.1) is 0 Å². The van der Waals surface area contributed by atoms with Gasteiger partial charge in [-0.2, -0.15) is 0 Å². The minimum Gasteiger partial charge on any atom is -0.364 e. The molecule has 1 aliphatic heterocycles. The van der Waals surface area contributed by atoms with Crippen LogP contribution in [-0.4, -0.2) is 53.6 Å². The van der Waals surface area contributed by atoms with Crippen LogP contribution in [0, 0.1) is 0 Å². The van der Waals surface area contributed by atoms with Crippen molar-refractivity contribution in [3.05, 3.63) is 46.1 Å². The Morgan fingerprint density at radius 1 is 0.913 bits per heavy atom. The van der Waals surface area contributed by atoms with Crippen molar-refractivity contribution in [2.45, 2.75) is 18.9 Å². The second-order valence-corrected chi connectivity index (χ2v) is 6.50. The summed E-state index contributed by atoms with van der Waals surface area (Å²) in [5, 5.41) is 0.0728. The SMILES string of the molecule is Cl.O=C1C(Cl)=C(N2CCN(C3CC3)CC2)C(=O)c2ccccc21. The van der Waals surface area contributed by atoms with Crippen LogP contribution in [0.1, 0.15) is 33.6 Å². The first-order chi connectivity index (χ1) is 10.7. The summed E-state index contributed by atoms with van der Waals surface area (Å²) in [6.45, 7) is 3.37. The van der Waals surface area contributed by atoms with E-state index in [1.807, 2.05) is 4.90 Å². The van der Waals surface area contributed by atoms with Gasteiger partial charge in [-0.1, -0.05) is 35.9 Å². The molecule has 1 aromatic rings. The fourth-order valence-electron chi connectivity index (χ4n) is 3.36. The highest BCUT2D eigenvalue weighted by Gasteiger charge is 2.37. The number of hydrogen-bond acceptors (Lipinski definition) is 4. The minimum atomic E-state index is -0.239. The molecular weight excluding hydrogens is 335 g/mol. The molecule has 0 N–H and O–H groups in total. The molecule has 0 aromatic heterocycles. The van der Waals surface area contributed by atoms with Gasteiger partial charge in [0.25, 0.3) is 0 Å². The summed E-state index contributed by atoms with van der Waals surface area (Å²) in [6, 6.07) is 7.65. The Morgan fingerprint density at radius 3 is 2.04 bits per heavy atom. The van der Waals surface area contributed by atoms with Crippen LogP contribution >= 0.6 is 24.0 Å². The lowest BCUT2D eigenvalue weighted by molar-refractivity contribution is 0.0907. The van der Waals surface area contributed by atoms with Crippen LogP contribution in [0.3, 0.4) is 0 Å². The van der Waals surface area contributed by atoms with Gasteiger partial charge in [0.2, 0.25) is 11.6 Å². The molecule has 0 atom stereocenters. The average molecular weight is 353 g/mol. The van der Waals surface area contributed by atoms with E-state index < -0.39 is 0 Å². The molecule has 0 unspecified atom stereocenters. The highest BCUT2D eigenvalue weighted by molar-refractivity contribution is 6.49. The van der Waals surface area contributed by atoms with Gasteiger partial charge < -0.3 is 4.90 Å². The number of hydrogen-bond donors (Lipinski definition) is 0. The molecule has 1 saturated carbocycles. The van der Waals surface area contributed by atoms with Gasteiger partial charge in [0.1, 0.15) is 10.7 Å². The summed E-state index contributed by atoms with van der Waals surface area (Å²) in [6.07, 6.45) is 2.57. The first kappa shape index (κ1) is 16.5. The molecule has 0 spiro atoms. The first-order valence-corrected chi connectivity index (χ1v) is 8.12. The van der Waals surface area contributed by atoms with Gasteiger partial charge in [0, 0.05) is 43.3 Å². The second kappa shape index (κ2) is 6.27. The number of ketones is 2. The fourth-order valence-corrected chi connectivity index (χ4v) is 3.67. The van der Waals surface area contributed by atoms with Crippen molar-refractivity contribution in [1.82, 2.24) is 9.80 Å². The first-order valence-electron chi connectivity index (χ1n) is 7.74. The van der Waals surface area contributed by atoms with Crippen LogP contribution in [0.4, 0.5) is 0 Å². The molecule has 1 heterocycles. The maximum Gasteiger partial charge on any atom is 0.211 e. The van der Waals surface area contributed by atoms with Crippen LogP contribution in [0.2, 0.25) is 0 Å². The molecule has 2 fully saturated rings. The lowest BCUT2D eigenvalue weighted by atomic mass is 9.91. The lowest BCUT2D eigenvalue weighted by Crippen LogP contribution is -2.48. The summed E-state index contributed by atoms with van der Waals surface area (Å²) in [4.78, 5) is 29.6. The van der Waals surface area contributed by atoms with Crippen molar-refractivity contribution in [2.75, 3.05) is 26.2 Å². The number of rotatable bonds is 2. The molecule has 4 nitrogen and oxygen atoms in total. The number of carbonyl (C=O) groups excluding carboxylic acids is 2. The van der Waals surface area contributed by atoms with Gasteiger partial charge in [-0.05, 0) is 12.8 Å². The maximum atomic E-state index is 12.7. The summed E-state index contributed by atoms with van der Waals surface area (Å²) in [5.41, 5.74) is 1.27. The van der Waals surface area contributed by atoms with E-state index in [4.69, 9.17) is 11.6 Å². The molecule has 4 rings (SSSR count). The second-order valence-electron chi connectivity index (χ2n) is 6.12. The zero-order valence-corrected chi connectivity index (χ0v) is 14.2. The molecule has 1 saturated heterocycles. The summed E-state index contributed by atoms with van der Waals surface area (Å²) >= 11 is 6.25. The molecule has 6 heteroatoms. The lowest BCUT2D eigenvalue weighted by Gasteiger charge is -2.38. The maximum absolute atomic E-state index is 12.7. The number of fused-ring (bicyclic) bond motifs is 1. The molecule has 23 heavy (non-hydrogen) atoms. The Labute approximate surface area is 146 Å². The van der Waals surface area contributed by atoms with Crippen LogP contribution < -0.4 is 0 Å². The zero-order valence-electron chi connectivity index (χ0n) is 12.6. The summed E-state index contributed by atoms with van der Waals surface area (Å²) in [7, 11) is 0. The molecule has 1 aromatic carbocycles. The molecule has 0 amide bonds. The van der Waals surface area contributed by atoms with Crippen LogP contribution in [0.25, 0.3) is 0 Å². The predicted molar refractivity (Wildman–Crippen MR) is 91.4 cm³/mol. The van der Waals surface area contributed by atoms with E-state index in [1.54, 1.807) is 24.3 Å². The Balaban J connectivity index is 0.00000156. The van der Waals surface area contributed by atoms with Crippen molar-refractivity contribution in [1.29, 1.82) is 0 Å². The highest BCUT2D eigenvalue weighted by Crippen LogP contribution is 2.32. The van der Waals surface area contributed by atoms with Crippen molar-refractivity contribution >= 4 is 35.6 Å². The van der Waals surface area contributed by atoms with Crippen LogP contribution in [0.5, 0.6) is 0 Å². The van der Waals surface area contributed by atoms with Crippen LogP contribution in [-0.2, 0) is 0 Å². The molecule has 0 bridgehead atoms. The van der Waals surface area contributed by atoms with Gasteiger partial charge in [-0.3, -0.25) is 14.5 Å². The van der Waals surface area contributed by atoms with Crippen molar-refractivity contribution in [2.24, 2.45) is 0 Å². The topological polar surface area (TPSA) is 40.6 Å². The fraction of sp³-hybridized carbons (Fsp3) is 0.412. The average Bonchev–Trinajstić information content (AvgIpc) is 3.39. The van der Waals surface area contributed by atoms with Crippen molar-refractivity contribution < 1.29 is 9.59 Å². The number of allylic oxidation sites excluding steroid dienone is 2. The third-order valence-corrected chi connectivity index (χ3v) is 5.08. The number of nitrogens with zero attached hydrogens (tertiary/aromatic N) is 2. The number of Topliss-reactive ketones (excluding diaryl/α,β-unsaturated/α-hetero) is 2. The number of benzene rings is 1. The molecule has 2 aliphatic carbocycles. The molecule has 3 aliphatic rings. The van der Waals surface area contributed by atoms with Gasteiger partial charge >= 0.3 is 0 Å². The normalized spacial score (nSPS) is 22.0. The van der Waals surface area contributed by atoms with E-state index in [9.17, 15) is 9.59 Å². The zero-order chi connectivity index (χ0) is 15.3. The number of carbonyl (C=O) groups is 2. The number of piperazine rings is 1. The molecular formula is C17H18Cl2N2O2. The van der Waals surface area contributed by atoms with Gasteiger partial charge in [0.15, 0.2) is 0 Å². The number of halogens is 2. The van der Waals surface area contributed by atoms with Crippen molar-refractivity contribution in [3.8, 4) is 0 Å². The van der Waals surface area contributed by atoms with E-state index in [0.717, 1.165) is 32.2 Å². The Bertz CT molecular complexity index is 690. The van der Waals surface area contributed by atoms with Gasteiger partial charge in [-0.15, -0.1) is 12.4 Å². The van der Waals surface area contributed by atoms with E-state index >= 15 is 0 Å². The Kier molecular flexibility index (Phi) is 4.50. The quantitative estimate of drug-likeness (QED) is 0.820. The third-order valence-electron chi connectivity index (χ3n) is 4.73. The summed E-state index contributed by atoms with van der Waals surface area (Å²) in [5.74, 6) is -0.364. The monoisotopic (exact) mass is 352 g/mol. The van der Waals surface area contributed by atoms with E-state index in [2.05, 4.69) is 4.90 Å². The van der Waals surface area contributed by atoms with E-state index in [-0.39, 0.29) is 29.0 Å². The molecule has 0 radical (unpaired) electrons. The largest absolute Gasteiger partial charge is 0.364 e. The van der Waals surface area contributed by atoms with Crippen molar-refractivity contribution in [3.63, 3.8) is 0 Å².